The number of fused-ring (bicyclic) bond motifs is 1. The van der Waals surface area contributed by atoms with E-state index in [1.807, 2.05) is 36.4 Å². The lowest BCUT2D eigenvalue weighted by Crippen LogP contribution is -2.20. The fourth-order valence-electron chi connectivity index (χ4n) is 2.63. The SMILES string of the molecule is O=c1c2cc(-c3ccccc3)sc2[nH]c(=S)n1-c1ccc(Cl)cc1Cl. The maximum atomic E-state index is 13.0. The lowest BCUT2D eigenvalue weighted by Gasteiger charge is -2.08. The Kier molecular flexibility index (Phi) is 4.25. The van der Waals surface area contributed by atoms with Gasteiger partial charge in [-0.3, -0.25) is 9.36 Å². The number of benzene rings is 2. The fourth-order valence-corrected chi connectivity index (χ4v) is 4.53. The zero-order valence-electron chi connectivity index (χ0n) is 12.6. The Morgan fingerprint density at radius 2 is 1.80 bits per heavy atom. The van der Waals surface area contributed by atoms with E-state index in [1.54, 1.807) is 18.2 Å². The van der Waals surface area contributed by atoms with Crippen molar-refractivity contribution in [3.63, 3.8) is 0 Å². The van der Waals surface area contributed by atoms with Gasteiger partial charge in [-0.2, -0.15) is 0 Å². The third-order valence-electron chi connectivity index (χ3n) is 3.80. The Labute approximate surface area is 162 Å². The number of nitrogens with one attached hydrogen (secondary N) is 1. The lowest BCUT2D eigenvalue weighted by molar-refractivity contribution is 0.943. The highest BCUT2D eigenvalue weighted by Crippen LogP contribution is 2.31. The molecule has 0 unspecified atom stereocenters. The van der Waals surface area contributed by atoms with Gasteiger partial charge in [-0.15, -0.1) is 11.3 Å². The van der Waals surface area contributed by atoms with E-state index in [4.69, 9.17) is 35.4 Å². The molecular weight excluding hydrogens is 395 g/mol. The molecule has 3 nitrogen and oxygen atoms in total. The summed E-state index contributed by atoms with van der Waals surface area (Å²) in [5, 5.41) is 1.44. The average molecular weight is 405 g/mol. The van der Waals surface area contributed by atoms with Crippen molar-refractivity contribution in [2.45, 2.75) is 0 Å². The summed E-state index contributed by atoms with van der Waals surface area (Å²) in [6.45, 7) is 0. The lowest BCUT2D eigenvalue weighted by atomic mass is 10.2. The van der Waals surface area contributed by atoms with Gasteiger partial charge in [0.15, 0.2) is 4.77 Å². The van der Waals surface area contributed by atoms with Crippen molar-refractivity contribution in [1.29, 1.82) is 0 Å². The van der Waals surface area contributed by atoms with E-state index in [2.05, 4.69) is 4.98 Å². The molecule has 2 heterocycles. The molecular formula is C18H10Cl2N2OS2. The minimum atomic E-state index is -0.207. The largest absolute Gasteiger partial charge is 0.323 e. The molecule has 0 aliphatic heterocycles. The molecule has 4 aromatic rings. The minimum Gasteiger partial charge on any atom is -0.323 e. The summed E-state index contributed by atoms with van der Waals surface area (Å²) in [5.74, 6) is 0. The predicted octanol–water partition coefficient (Wildman–Crippen LogP) is 6.08. The molecule has 2 aromatic heterocycles. The highest BCUT2D eigenvalue weighted by molar-refractivity contribution is 7.71. The van der Waals surface area contributed by atoms with E-state index >= 15 is 0 Å². The van der Waals surface area contributed by atoms with Gasteiger partial charge in [0, 0.05) is 9.90 Å². The summed E-state index contributed by atoms with van der Waals surface area (Å²) in [6.07, 6.45) is 0. The Morgan fingerprint density at radius 3 is 2.52 bits per heavy atom. The number of aromatic amines is 1. The van der Waals surface area contributed by atoms with Crippen LogP contribution in [0.25, 0.3) is 26.3 Å². The van der Waals surface area contributed by atoms with Gasteiger partial charge < -0.3 is 4.98 Å². The molecule has 0 saturated carbocycles. The number of thiophene rings is 1. The monoisotopic (exact) mass is 404 g/mol. The minimum absolute atomic E-state index is 0.207. The quantitative estimate of drug-likeness (QED) is 0.410. The highest BCUT2D eigenvalue weighted by Gasteiger charge is 2.14. The topological polar surface area (TPSA) is 37.8 Å². The summed E-state index contributed by atoms with van der Waals surface area (Å²) >= 11 is 19.1. The predicted molar refractivity (Wildman–Crippen MR) is 108 cm³/mol. The van der Waals surface area contributed by atoms with Crippen molar-refractivity contribution < 1.29 is 0 Å². The second kappa shape index (κ2) is 6.42. The molecule has 0 radical (unpaired) electrons. The smallest absolute Gasteiger partial charge is 0.267 e. The van der Waals surface area contributed by atoms with E-state index in [0.717, 1.165) is 15.3 Å². The molecule has 25 heavy (non-hydrogen) atoms. The van der Waals surface area contributed by atoms with Crippen molar-refractivity contribution >= 4 is 57.0 Å². The molecule has 0 atom stereocenters. The van der Waals surface area contributed by atoms with Crippen LogP contribution in [0.1, 0.15) is 0 Å². The first-order chi connectivity index (χ1) is 12.0. The molecule has 0 aliphatic rings. The van der Waals surface area contributed by atoms with Crippen molar-refractivity contribution in [2.75, 3.05) is 0 Å². The molecule has 0 saturated heterocycles. The van der Waals surface area contributed by atoms with Gasteiger partial charge in [0.1, 0.15) is 4.83 Å². The molecule has 1 N–H and O–H groups in total. The zero-order valence-corrected chi connectivity index (χ0v) is 15.8. The van der Waals surface area contributed by atoms with E-state index in [1.165, 1.54) is 15.9 Å². The fraction of sp³-hybridized carbons (Fsp3) is 0. The molecule has 7 heteroatoms. The molecule has 0 fully saturated rings. The summed E-state index contributed by atoms with van der Waals surface area (Å²) in [4.78, 5) is 17.9. The number of hydrogen-bond acceptors (Lipinski definition) is 3. The second-order valence-corrected chi connectivity index (χ2v) is 7.67. The van der Waals surface area contributed by atoms with Crippen LogP contribution in [0.2, 0.25) is 10.0 Å². The van der Waals surface area contributed by atoms with Crippen molar-refractivity contribution in [3.8, 4) is 16.1 Å². The summed E-state index contributed by atoms with van der Waals surface area (Å²) < 4.78 is 1.70. The Hall–Kier alpha value is -1.92. The van der Waals surface area contributed by atoms with E-state index in [9.17, 15) is 4.79 Å². The number of rotatable bonds is 2. The van der Waals surface area contributed by atoms with Gasteiger partial charge in [-0.1, -0.05) is 53.5 Å². The standard InChI is InChI=1S/C18H10Cl2N2OS2/c19-11-6-7-14(13(20)8-11)22-17(23)12-9-15(10-4-2-1-3-5-10)25-16(12)21-18(22)24/h1-9H,(H,21,24). The third kappa shape index (κ3) is 2.93. The molecule has 0 amide bonds. The van der Waals surface area contributed by atoms with E-state index in [0.29, 0.717) is 25.9 Å². The van der Waals surface area contributed by atoms with Gasteiger partial charge >= 0.3 is 0 Å². The second-order valence-electron chi connectivity index (χ2n) is 5.39. The van der Waals surface area contributed by atoms with Crippen LogP contribution in [0.3, 0.4) is 0 Å². The molecule has 0 spiro atoms. The Bertz CT molecular complexity index is 1210. The summed E-state index contributed by atoms with van der Waals surface area (Å²) in [5.41, 5.74) is 1.35. The van der Waals surface area contributed by atoms with E-state index < -0.39 is 0 Å². The van der Waals surface area contributed by atoms with Gasteiger partial charge in [0.05, 0.1) is 16.1 Å². The zero-order chi connectivity index (χ0) is 17.6. The first kappa shape index (κ1) is 16.5. The first-order valence-electron chi connectivity index (χ1n) is 7.34. The van der Waals surface area contributed by atoms with Gasteiger partial charge in [0.2, 0.25) is 0 Å². The van der Waals surface area contributed by atoms with Crippen molar-refractivity contribution in [3.05, 3.63) is 79.8 Å². The van der Waals surface area contributed by atoms with Gasteiger partial charge in [-0.25, -0.2) is 0 Å². The van der Waals surface area contributed by atoms with Crippen LogP contribution in [0.4, 0.5) is 0 Å². The van der Waals surface area contributed by atoms with Crippen LogP contribution in [0, 0.1) is 4.77 Å². The van der Waals surface area contributed by atoms with Gasteiger partial charge in [-0.05, 0) is 42.0 Å². The molecule has 4 rings (SSSR count). The van der Waals surface area contributed by atoms with Crippen molar-refractivity contribution in [1.82, 2.24) is 9.55 Å². The maximum absolute atomic E-state index is 13.0. The Balaban J connectivity index is 1.99. The number of H-pyrrole nitrogens is 1. The molecule has 0 aliphatic carbocycles. The maximum Gasteiger partial charge on any atom is 0.267 e. The average Bonchev–Trinajstić information content (AvgIpc) is 3.02. The normalized spacial score (nSPS) is 11.1. The van der Waals surface area contributed by atoms with Crippen LogP contribution in [-0.2, 0) is 0 Å². The van der Waals surface area contributed by atoms with Crippen LogP contribution in [0.15, 0.2) is 59.4 Å². The number of aromatic nitrogens is 2. The van der Waals surface area contributed by atoms with Crippen LogP contribution < -0.4 is 5.56 Å². The van der Waals surface area contributed by atoms with Crippen LogP contribution in [0.5, 0.6) is 0 Å². The van der Waals surface area contributed by atoms with E-state index in [-0.39, 0.29) is 5.56 Å². The van der Waals surface area contributed by atoms with Crippen molar-refractivity contribution in [2.24, 2.45) is 0 Å². The Morgan fingerprint density at radius 1 is 1.04 bits per heavy atom. The van der Waals surface area contributed by atoms with Crippen LogP contribution in [-0.4, -0.2) is 9.55 Å². The highest BCUT2D eigenvalue weighted by atomic mass is 35.5. The van der Waals surface area contributed by atoms with Gasteiger partial charge in [0.25, 0.3) is 5.56 Å². The number of nitrogens with zero attached hydrogens (tertiary/aromatic N) is 1. The summed E-state index contributed by atoms with van der Waals surface area (Å²) in [7, 11) is 0. The molecule has 0 bridgehead atoms. The first-order valence-corrected chi connectivity index (χ1v) is 9.32. The third-order valence-corrected chi connectivity index (χ3v) is 5.72. The molecule has 124 valence electrons. The summed E-state index contributed by atoms with van der Waals surface area (Å²) in [6, 6.07) is 16.7. The number of halogens is 2. The molecule has 2 aromatic carbocycles. The number of hydrogen-bond donors (Lipinski definition) is 1. The van der Waals surface area contributed by atoms with Crippen LogP contribution >= 0.6 is 46.8 Å².